The molecule has 8 aromatic rings. The molecule has 1 aliphatic rings. The molecule has 1 aliphatic carbocycles. The Labute approximate surface area is 249 Å². The van der Waals surface area contributed by atoms with Gasteiger partial charge in [0.25, 0.3) is 0 Å². The second-order valence-corrected chi connectivity index (χ2v) is 14.0. The highest BCUT2D eigenvalue weighted by Crippen LogP contribution is 2.52. The van der Waals surface area contributed by atoms with E-state index in [1.807, 2.05) is 60.7 Å². The zero-order valence-corrected chi connectivity index (χ0v) is 24.2. The average Bonchev–Trinajstić information content (AvgIpc) is 3.59. The lowest BCUT2D eigenvalue weighted by Gasteiger charge is -2.20. The summed E-state index contributed by atoms with van der Waals surface area (Å²) in [5, 5.41) is 7.65. The van der Waals surface area contributed by atoms with Crippen LogP contribution in [-0.2, 0) is 4.57 Å². The van der Waals surface area contributed by atoms with Gasteiger partial charge in [-0.3, -0.25) is 0 Å². The fourth-order valence-corrected chi connectivity index (χ4v) is 9.80. The van der Waals surface area contributed by atoms with Crippen LogP contribution in [0.4, 0.5) is 0 Å². The Morgan fingerprint density at radius 1 is 0.419 bits per heavy atom. The van der Waals surface area contributed by atoms with Crippen molar-refractivity contribution in [3.63, 3.8) is 0 Å². The maximum absolute atomic E-state index is 15.0. The number of para-hydroxylation sites is 1. The predicted octanol–water partition coefficient (Wildman–Crippen LogP) is 9.22. The summed E-state index contributed by atoms with van der Waals surface area (Å²) in [5.41, 5.74) is 8.61. The summed E-state index contributed by atoms with van der Waals surface area (Å²) in [6, 6.07) is 54.6. The molecule has 0 spiro atoms. The van der Waals surface area contributed by atoms with Crippen molar-refractivity contribution in [1.82, 2.24) is 4.57 Å². The SMILES string of the molecule is O=P(c1ccccc1)(c1ccccc1)c1ccc(-n2c3ccccc3c3c4c(ccc32)-c2cccc3cccc-4c23)cc1. The third-order valence-corrected chi connectivity index (χ3v) is 12.1. The maximum atomic E-state index is 15.0. The summed E-state index contributed by atoms with van der Waals surface area (Å²) in [6.07, 6.45) is 0. The molecule has 0 amide bonds. The minimum absolute atomic E-state index is 0.831. The van der Waals surface area contributed by atoms with Crippen LogP contribution in [-0.4, -0.2) is 4.57 Å². The molecular formula is C40H26NOP. The molecule has 43 heavy (non-hydrogen) atoms. The second-order valence-electron chi connectivity index (χ2n) is 11.2. The van der Waals surface area contributed by atoms with Crippen molar-refractivity contribution in [3.8, 4) is 27.9 Å². The predicted molar refractivity (Wildman–Crippen MR) is 182 cm³/mol. The Kier molecular flexibility index (Phi) is 5.21. The molecule has 0 unspecified atom stereocenters. The molecule has 202 valence electrons. The summed E-state index contributed by atoms with van der Waals surface area (Å²) in [6.45, 7) is 0. The zero-order valence-electron chi connectivity index (χ0n) is 23.3. The zero-order chi connectivity index (χ0) is 28.5. The average molecular weight is 568 g/mol. The van der Waals surface area contributed by atoms with Gasteiger partial charge in [-0.2, -0.15) is 0 Å². The molecule has 0 atom stereocenters. The van der Waals surface area contributed by atoms with Crippen molar-refractivity contribution in [2.75, 3.05) is 0 Å². The lowest BCUT2D eigenvalue weighted by Crippen LogP contribution is -2.24. The third kappa shape index (κ3) is 3.39. The van der Waals surface area contributed by atoms with E-state index < -0.39 is 7.14 Å². The first-order chi connectivity index (χ1) is 21.2. The summed E-state index contributed by atoms with van der Waals surface area (Å²) >= 11 is 0. The first-order valence-corrected chi connectivity index (χ1v) is 16.3. The van der Waals surface area contributed by atoms with Gasteiger partial charge in [-0.25, -0.2) is 0 Å². The van der Waals surface area contributed by atoms with Crippen LogP contribution < -0.4 is 15.9 Å². The first-order valence-electron chi connectivity index (χ1n) is 14.6. The van der Waals surface area contributed by atoms with Crippen molar-refractivity contribution in [1.29, 1.82) is 0 Å². The standard InChI is InChI=1S/C40H26NOP/c42-43(29-13-3-1-4-14-29,30-15-5-2-6-16-30)31-23-21-28(22-24-31)41-36-20-8-7-17-34(36)40-37(41)26-25-33-32-18-9-11-27-12-10-19-35(38(27)32)39(33)40/h1-26H. The van der Waals surface area contributed by atoms with E-state index in [2.05, 4.69) is 102 Å². The molecule has 9 rings (SSSR count). The fraction of sp³-hybridized carbons (Fsp3) is 0. The van der Waals surface area contributed by atoms with E-state index in [9.17, 15) is 4.57 Å². The van der Waals surface area contributed by atoms with Crippen LogP contribution in [0.2, 0.25) is 0 Å². The summed E-state index contributed by atoms with van der Waals surface area (Å²) in [7, 11) is -3.05. The topological polar surface area (TPSA) is 22.0 Å². The molecule has 0 N–H and O–H groups in total. The van der Waals surface area contributed by atoms with Gasteiger partial charge in [0.1, 0.15) is 0 Å². The first kappa shape index (κ1) is 24.4. The smallest absolute Gasteiger partial charge is 0.171 e. The molecule has 3 heteroatoms. The Hall–Kier alpha value is -5.17. The number of fused-ring (bicyclic) bond motifs is 7. The largest absolute Gasteiger partial charge is 0.309 e. The van der Waals surface area contributed by atoms with Gasteiger partial charge in [0, 0.05) is 37.9 Å². The highest BCUT2D eigenvalue weighted by Gasteiger charge is 2.30. The molecule has 0 aliphatic heterocycles. The molecule has 7 aromatic carbocycles. The minimum Gasteiger partial charge on any atom is -0.309 e. The molecule has 1 heterocycles. The van der Waals surface area contributed by atoms with Crippen molar-refractivity contribution < 1.29 is 4.57 Å². The van der Waals surface area contributed by atoms with E-state index in [0.29, 0.717) is 0 Å². The normalized spacial score (nSPS) is 12.3. The van der Waals surface area contributed by atoms with Gasteiger partial charge >= 0.3 is 0 Å². The van der Waals surface area contributed by atoms with Crippen molar-refractivity contribution >= 4 is 55.6 Å². The monoisotopic (exact) mass is 567 g/mol. The highest BCUT2D eigenvalue weighted by molar-refractivity contribution is 7.85. The van der Waals surface area contributed by atoms with E-state index in [1.54, 1.807) is 0 Å². The molecule has 0 radical (unpaired) electrons. The van der Waals surface area contributed by atoms with Crippen LogP contribution in [0.25, 0.3) is 60.5 Å². The summed E-state index contributed by atoms with van der Waals surface area (Å²) in [4.78, 5) is 0. The van der Waals surface area contributed by atoms with E-state index in [-0.39, 0.29) is 0 Å². The Morgan fingerprint density at radius 2 is 1.02 bits per heavy atom. The number of hydrogen-bond acceptors (Lipinski definition) is 1. The van der Waals surface area contributed by atoms with Crippen LogP contribution in [0.15, 0.2) is 158 Å². The molecule has 0 saturated heterocycles. The summed E-state index contributed by atoms with van der Waals surface area (Å²) < 4.78 is 17.3. The third-order valence-electron chi connectivity index (χ3n) is 9.01. The second kappa shape index (κ2) is 9.16. The van der Waals surface area contributed by atoms with Gasteiger partial charge in [0.15, 0.2) is 7.14 Å². The molecule has 0 fully saturated rings. The van der Waals surface area contributed by atoms with Gasteiger partial charge in [0.05, 0.1) is 11.0 Å². The molecule has 0 bridgehead atoms. The Morgan fingerprint density at radius 3 is 1.72 bits per heavy atom. The van der Waals surface area contributed by atoms with Gasteiger partial charge in [-0.05, 0) is 63.9 Å². The fourth-order valence-electron chi connectivity index (χ4n) is 7.15. The van der Waals surface area contributed by atoms with Gasteiger partial charge in [-0.15, -0.1) is 0 Å². The van der Waals surface area contributed by atoms with Crippen LogP contribution >= 0.6 is 7.14 Å². The Balaban J connectivity index is 1.27. The number of rotatable bonds is 4. The number of hydrogen-bond donors (Lipinski definition) is 0. The van der Waals surface area contributed by atoms with Crippen LogP contribution in [0.5, 0.6) is 0 Å². The van der Waals surface area contributed by atoms with E-state index in [1.165, 1.54) is 49.3 Å². The van der Waals surface area contributed by atoms with Gasteiger partial charge < -0.3 is 9.13 Å². The van der Waals surface area contributed by atoms with Crippen LogP contribution in [0.1, 0.15) is 0 Å². The quantitative estimate of drug-likeness (QED) is 0.194. The molecular weight excluding hydrogens is 541 g/mol. The van der Waals surface area contributed by atoms with Crippen molar-refractivity contribution in [3.05, 3.63) is 158 Å². The minimum atomic E-state index is -3.05. The van der Waals surface area contributed by atoms with Crippen molar-refractivity contribution in [2.45, 2.75) is 0 Å². The lowest BCUT2D eigenvalue weighted by atomic mass is 9.98. The highest BCUT2D eigenvalue weighted by atomic mass is 31.2. The van der Waals surface area contributed by atoms with Crippen molar-refractivity contribution in [2.24, 2.45) is 0 Å². The number of aromatic nitrogens is 1. The number of benzene rings is 7. The van der Waals surface area contributed by atoms with E-state index >= 15 is 0 Å². The lowest BCUT2D eigenvalue weighted by molar-refractivity contribution is 0.592. The molecule has 1 aromatic heterocycles. The van der Waals surface area contributed by atoms with E-state index in [0.717, 1.165) is 27.1 Å². The van der Waals surface area contributed by atoms with E-state index in [4.69, 9.17) is 0 Å². The van der Waals surface area contributed by atoms with Crippen LogP contribution in [0, 0.1) is 0 Å². The van der Waals surface area contributed by atoms with Crippen LogP contribution in [0.3, 0.4) is 0 Å². The maximum Gasteiger partial charge on any atom is 0.171 e. The van der Waals surface area contributed by atoms with Gasteiger partial charge in [0.2, 0.25) is 0 Å². The molecule has 0 saturated carbocycles. The number of nitrogens with zero attached hydrogens (tertiary/aromatic N) is 1. The summed E-state index contributed by atoms with van der Waals surface area (Å²) in [5.74, 6) is 0. The van der Waals surface area contributed by atoms with Gasteiger partial charge in [-0.1, -0.05) is 121 Å². The Bertz CT molecular complexity index is 2360. The molecule has 2 nitrogen and oxygen atoms in total.